The van der Waals surface area contributed by atoms with Gasteiger partial charge in [0.05, 0.1) is 13.4 Å². The molecule has 4 heterocycles. The molecule has 0 saturated heterocycles. The van der Waals surface area contributed by atoms with Gasteiger partial charge in [0.1, 0.15) is 5.75 Å². The Morgan fingerprint density at radius 2 is 2.03 bits per heavy atom. The predicted octanol–water partition coefficient (Wildman–Crippen LogP) is 5.09. The van der Waals surface area contributed by atoms with Gasteiger partial charge in [-0.25, -0.2) is 9.97 Å². The zero-order valence-electron chi connectivity index (χ0n) is 20.5. The van der Waals surface area contributed by atoms with E-state index in [0.717, 1.165) is 61.8 Å². The third-order valence-corrected chi connectivity index (χ3v) is 7.45. The van der Waals surface area contributed by atoms with Crippen molar-refractivity contribution < 1.29 is 9.15 Å². The van der Waals surface area contributed by atoms with Crippen molar-refractivity contribution >= 4 is 11.6 Å². The van der Waals surface area contributed by atoms with E-state index in [4.69, 9.17) is 24.2 Å². The van der Waals surface area contributed by atoms with Crippen LogP contribution in [0.3, 0.4) is 0 Å². The highest BCUT2D eigenvalue weighted by molar-refractivity contribution is 5.58. The normalized spacial score (nSPS) is 17.9. The molecular weight excluding hydrogens is 440 g/mol. The summed E-state index contributed by atoms with van der Waals surface area (Å²) in [5.74, 6) is 2.89. The molecule has 1 aliphatic heterocycles. The molecule has 1 aliphatic carbocycles. The van der Waals surface area contributed by atoms with Crippen molar-refractivity contribution in [3.05, 3.63) is 59.5 Å². The molecule has 2 aliphatic rings. The van der Waals surface area contributed by atoms with Gasteiger partial charge in [-0.2, -0.15) is 4.52 Å². The Balaban J connectivity index is 1.33. The van der Waals surface area contributed by atoms with Crippen LogP contribution in [-0.2, 0) is 19.5 Å². The maximum Gasteiger partial charge on any atom is 0.226 e. The summed E-state index contributed by atoms with van der Waals surface area (Å²) in [6, 6.07) is 10.1. The summed E-state index contributed by atoms with van der Waals surface area (Å²) >= 11 is 0. The van der Waals surface area contributed by atoms with Crippen LogP contribution < -0.4 is 10.1 Å². The second-order valence-corrected chi connectivity index (χ2v) is 10.1. The van der Waals surface area contributed by atoms with Crippen LogP contribution in [0.1, 0.15) is 55.7 Å². The molecule has 1 fully saturated rings. The number of anilines is 1. The third kappa shape index (κ3) is 4.38. The topological polar surface area (TPSA) is 80.7 Å². The lowest BCUT2D eigenvalue weighted by Gasteiger charge is -2.35. The second-order valence-electron chi connectivity index (χ2n) is 10.1. The number of hydrogen-bond acceptors (Lipinski definition) is 7. The summed E-state index contributed by atoms with van der Waals surface area (Å²) in [6.07, 6.45) is 10.7. The van der Waals surface area contributed by atoms with Crippen LogP contribution >= 0.6 is 0 Å². The highest BCUT2D eigenvalue weighted by atomic mass is 16.5. The second kappa shape index (κ2) is 9.00. The van der Waals surface area contributed by atoms with Gasteiger partial charge < -0.3 is 14.5 Å². The number of ether oxygens (including phenoxy) is 1. The molecule has 1 aromatic carbocycles. The van der Waals surface area contributed by atoms with Crippen molar-refractivity contribution in [3.63, 3.8) is 0 Å². The average Bonchev–Trinajstić information content (AvgIpc) is 3.56. The first-order valence-corrected chi connectivity index (χ1v) is 12.6. The Labute approximate surface area is 205 Å². The number of benzene rings is 1. The SMILES string of the molecule is COc1ccc2c(c1)CN(Cc1cnc(NC3(C)CCCCC3)n3nc(-c4ccco4)nc13)CC2. The molecule has 0 radical (unpaired) electrons. The van der Waals surface area contributed by atoms with Crippen LogP contribution in [0.2, 0.25) is 0 Å². The molecule has 0 unspecified atom stereocenters. The van der Waals surface area contributed by atoms with Crippen molar-refractivity contribution in [2.24, 2.45) is 0 Å². The molecule has 1 saturated carbocycles. The van der Waals surface area contributed by atoms with Gasteiger partial charge in [0.2, 0.25) is 11.8 Å². The van der Waals surface area contributed by atoms with Gasteiger partial charge in [0.25, 0.3) is 0 Å². The number of methoxy groups -OCH3 is 1. The molecule has 0 amide bonds. The maximum absolute atomic E-state index is 5.61. The first-order chi connectivity index (χ1) is 17.1. The quantitative estimate of drug-likeness (QED) is 0.419. The highest BCUT2D eigenvalue weighted by Crippen LogP contribution is 2.32. The van der Waals surface area contributed by atoms with E-state index in [9.17, 15) is 0 Å². The molecule has 8 nitrogen and oxygen atoms in total. The molecule has 1 N–H and O–H groups in total. The molecule has 3 aromatic heterocycles. The molecule has 35 heavy (non-hydrogen) atoms. The van der Waals surface area contributed by atoms with E-state index in [1.165, 1.54) is 30.4 Å². The van der Waals surface area contributed by atoms with Gasteiger partial charge in [-0.15, -0.1) is 5.10 Å². The standard InChI is InChI=1S/C27H32N6O2/c1-27(11-4-3-5-12-27)30-26-28-16-21(25-29-24(31-33(25)26)23-7-6-14-35-23)18-32-13-10-19-8-9-22(34-2)15-20(19)17-32/h6-9,14-16H,3-5,10-13,17-18H2,1-2H3,(H,28,30). The van der Waals surface area contributed by atoms with E-state index >= 15 is 0 Å². The number of aromatic nitrogens is 4. The number of nitrogens with one attached hydrogen (secondary N) is 1. The van der Waals surface area contributed by atoms with Crippen LogP contribution in [0.25, 0.3) is 17.2 Å². The van der Waals surface area contributed by atoms with E-state index in [1.807, 2.05) is 28.9 Å². The molecule has 0 spiro atoms. The van der Waals surface area contributed by atoms with E-state index < -0.39 is 0 Å². The maximum atomic E-state index is 5.61. The minimum atomic E-state index is 0.0200. The Morgan fingerprint density at radius 3 is 2.83 bits per heavy atom. The molecule has 8 heteroatoms. The summed E-state index contributed by atoms with van der Waals surface area (Å²) in [7, 11) is 1.72. The molecule has 0 atom stereocenters. The third-order valence-electron chi connectivity index (χ3n) is 7.45. The lowest BCUT2D eigenvalue weighted by molar-refractivity contribution is 0.245. The van der Waals surface area contributed by atoms with Crippen molar-refractivity contribution in [2.45, 2.75) is 64.1 Å². The Bertz CT molecular complexity index is 1320. The Kier molecular flexibility index (Phi) is 5.68. The average molecular weight is 473 g/mol. The largest absolute Gasteiger partial charge is 0.497 e. The van der Waals surface area contributed by atoms with Crippen molar-refractivity contribution in [3.8, 4) is 17.3 Å². The van der Waals surface area contributed by atoms with Crippen molar-refractivity contribution in [2.75, 3.05) is 19.0 Å². The van der Waals surface area contributed by atoms with Crippen LogP contribution in [0.5, 0.6) is 5.75 Å². The predicted molar refractivity (Wildman–Crippen MR) is 134 cm³/mol. The van der Waals surface area contributed by atoms with E-state index in [2.05, 4.69) is 29.3 Å². The fraction of sp³-hybridized carbons (Fsp3) is 0.444. The zero-order valence-corrected chi connectivity index (χ0v) is 20.5. The number of nitrogens with zero attached hydrogens (tertiary/aromatic N) is 5. The van der Waals surface area contributed by atoms with E-state index in [1.54, 1.807) is 13.4 Å². The fourth-order valence-corrected chi connectivity index (χ4v) is 5.45. The molecule has 4 aromatic rings. The molecule has 6 rings (SSSR count). The number of fused-ring (bicyclic) bond motifs is 2. The first-order valence-electron chi connectivity index (χ1n) is 12.6. The Morgan fingerprint density at radius 1 is 1.14 bits per heavy atom. The van der Waals surface area contributed by atoms with E-state index in [-0.39, 0.29) is 5.54 Å². The van der Waals surface area contributed by atoms with E-state index in [0.29, 0.717) is 11.6 Å². The summed E-state index contributed by atoms with van der Waals surface area (Å²) < 4.78 is 12.9. The number of furan rings is 1. The van der Waals surface area contributed by atoms with Crippen LogP contribution in [0.4, 0.5) is 5.95 Å². The lowest BCUT2D eigenvalue weighted by atomic mass is 9.83. The lowest BCUT2D eigenvalue weighted by Crippen LogP contribution is -2.38. The molecule has 0 bridgehead atoms. The zero-order chi connectivity index (χ0) is 23.8. The minimum Gasteiger partial charge on any atom is -0.497 e. The van der Waals surface area contributed by atoms with Crippen LogP contribution in [0, 0.1) is 0 Å². The van der Waals surface area contributed by atoms with Gasteiger partial charge >= 0.3 is 0 Å². The molecule has 182 valence electrons. The summed E-state index contributed by atoms with van der Waals surface area (Å²) in [4.78, 5) is 12.2. The fourth-order valence-electron chi connectivity index (χ4n) is 5.45. The first kappa shape index (κ1) is 22.1. The van der Waals surface area contributed by atoms with Gasteiger partial charge in [-0.3, -0.25) is 4.90 Å². The van der Waals surface area contributed by atoms with Gasteiger partial charge in [-0.05, 0) is 61.6 Å². The van der Waals surface area contributed by atoms with Crippen LogP contribution in [0.15, 0.2) is 47.2 Å². The highest BCUT2D eigenvalue weighted by Gasteiger charge is 2.29. The molecular formula is C27H32N6O2. The monoisotopic (exact) mass is 472 g/mol. The van der Waals surface area contributed by atoms with Gasteiger partial charge in [-0.1, -0.05) is 25.3 Å². The van der Waals surface area contributed by atoms with Crippen LogP contribution in [-0.4, -0.2) is 43.7 Å². The van der Waals surface area contributed by atoms with Gasteiger partial charge in [0, 0.05) is 36.9 Å². The minimum absolute atomic E-state index is 0.0200. The van der Waals surface area contributed by atoms with Gasteiger partial charge in [0.15, 0.2) is 11.4 Å². The summed E-state index contributed by atoms with van der Waals surface area (Å²) in [5.41, 5.74) is 4.62. The number of rotatable bonds is 6. The summed E-state index contributed by atoms with van der Waals surface area (Å²) in [5, 5.41) is 8.52. The smallest absolute Gasteiger partial charge is 0.226 e. The Hall–Kier alpha value is -3.39. The summed E-state index contributed by atoms with van der Waals surface area (Å²) in [6.45, 7) is 4.90. The van der Waals surface area contributed by atoms with Crippen molar-refractivity contribution in [1.29, 1.82) is 0 Å². The number of hydrogen-bond donors (Lipinski definition) is 1. The van der Waals surface area contributed by atoms with Crippen molar-refractivity contribution in [1.82, 2.24) is 24.5 Å².